The van der Waals surface area contributed by atoms with Gasteiger partial charge >= 0.3 is 0 Å². The van der Waals surface area contributed by atoms with E-state index >= 15 is 0 Å². The molecule has 21 heavy (non-hydrogen) atoms. The Morgan fingerprint density at radius 2 is 1.95 bits per heavy atom. The van der Waals surface area contributed by atoms with Crippen LogP contribution in [0.15, 0.2) is 5.16 Å². The van der Waals surface area contributed by atoms with Gasteiger partial charge in [-0.1, -0.05) is 11.8 Å². The fourth-order valence-electron chi connectivity index (χ4n) is 2.29. The summed E-state index contributed by atoms with van der Waals surface area (Å²) in [7, 11) is 0. The maximum atomic E-state index is 12.3. The highest BCUT2D eigenvalue weighted by Crippen LogP contribution is 2.22. The molecular weight excluding hydrogens is 290 g/mol. The molecule has 8 heteroatoms. The van der Waals surface area contributed by atoms with Crippen LogP contribution in [0.4, 0.5) is 0 Å². The summed E-state index contributed by atoms with van der Waals surface area (Å²) in [6.07, 6.45) is 0.171. The van der Waals surface area contributed by atoms with Crippen molar-refractivity contribution < 1.29 is 9.53 Å². The molecule has 0 unspecified atom stereocenters. The summed E-state index contributed by atoms with van der Waals surface area (Å²) in [5.74, 6) is 0.445. The van der Waals surface area contributed by atoms with Crippen molar-refractivity contribution in [3.63, 3.8) is 0 Å². The van der Waals surface area contributed by atoms with Gasteiger partial charge in [-0.15, -0.1) is 5.10 Å². The van der Waals surface area contributed by atoms with Crippen molar-refractivity contribution >= 4 is 17.7 Å². The zero-order valence-electron chi connectivity index (χ0n) is 13.2. The zero-order chi connectivity index (χ0) is 15.6. The fraction of sp³-hybridized carbons (Fsp3) is 0.846. The molecule has 0 radical (unpaired) electrons. The van der Waals surface area contributed by atoms with E-state index < -0.39 is 0 Å². The van der Waals surface area contributed by atoms with Gasteiger partial charge in [0, 0.05) is 13.1 Å². The standard InChI is InChI=1S/C13H23N5O2S/c1-9-6-17(7-10(2)20-9)11(19)8-21-12-14-15-16-18(12)13(3,4)5/h9-10H,6-8H2,1-5H3/t9-,10+. The summed E-state index contributed by atoms with van der Waals surface area (Å²) >= 11 is 1.38. The Morgan fingerprint density at radius 1 is 1.33 bits per heavy atom. The monoisotopic (exact) mass is 313 g/mol. The first kappa shape index (κ1) is 16.2. The van der Waals surface area contributed by atoms with E-state index in [0.29, 0.717) is 24.0 Å². The van der Waals surface area contributed by atoms with E-state index in [1.165, 1.54) is 11.8 Å². The lowest BCUT2D eigenvalue weighted by atomic mass is 10.1. The van der Waals surface area contributed by atoms with Crippen LogP contribution >= 0.6 is 11.8 Å². The van der Waals surface area contributed by atoms with Gasteiger partial charge in [0.1, 0.15) is 0 Å². The number of aromatic nitrogens is 4. The lowest BCUT2D eigenvalue weighted by Gasteiger charge is -2.35. The number of rotatable bonds is 3. The number of hydrogen-bond donors (Lipinski definition) is 0. The van der Waals surface area contributed by atoms with Crippen molar-refractivity contribution in [2.24, 2.45) is 0 Å². The normalized spacial score (nSPS) is 23.4. The summed E-state index contributed by atoms with van der Waals surface area (Å²) in [5.41, 5.74) is -0.198. The largest absolute Gasteiger partial charge is 0.372 e. The van der Waals surface area contributed by atoms with Crippen molar-refractivity contribution in [3.05, 3.63) is 0 Å². The van der Waals surface area contributed by atoms with Crippen molar-refractivity contribution in [2.75, 3.05) is 18.8 Å². The Kier molecular flexibility index (Phi) is 4.88. The second kappa shape index (κ2) is 6.31. The molecule has 0 aromatic carbocycles. The van der Waals surface area contributed by atoms with Crippen LogP contribution in [0.1, 0.15) is 34.6 Å². The van der Waals surface area contributed by atoms with Crippen LogP contribution in [0, 0.1) is 0 Å². The molecular formula is C13H23N5O2S. The molecule has 0 bridgehead atoms. The average Bonchev–Trinajstić information content (AvgIpc) is 2.82. The van der Waals surface area contributed by atoms with E-state index in [4.69, 9.17) is 4.74 Å². The highest BCUT2D eigenvalue weighted by atomic mass is 32.2. The minimum absolute atomic E-state index is 0.0857. The fourth-order valence-corrected chi connectivity index (χ4v) is 3.25. The molecule has 2 atom stereocenters. The first-order valence-electron chi connectivity index (χ1n) is 7.12. The summed E-state index contributed by atoms with van der Waals surface area (Å²) in [6.45, 7) is 11.4. The van der Waals surface area contributed by atoms with Crippen molar-refractivity contribution in [1.82, 2.24) is 25.1 Å². The van der Waals surface area contributed by atoms with Crippen LogP contribution in [0.5, 0.6) is 0 Å². The second-order valence-corrected chi connectivity index (χ2v) is 7.33. The number of carbonyl (C=O) groups excluding carboxylic acids is 1. The third kappa shape index (κ3) is 4.16. The predicted octanol–water partition coefficient (Wildman–Crippen LogP) is 1.16. The van der Waals surface area contributed by atoms with Crippen molar-refractivity contribution in [2.45, 2.75) is 57.5 Å². The number of morpholine rings is 1. The van der Waals surface area contributed by atoms with Crippen LogP contribution in [-0.2, 0) is 15.1 Å². The number of thioether (sulfide) groups is 1. The average molecular weight is 313 g/mol. The zero-order valence-corrected chi connectivity index (χ0v) is 14.1. The molecule has 0 N–H and O–H groups in total. The van der Waals surface area contributed by atoms with Gasteiger partial charge in [-0.25, -0.2) is 4.68 Å². The summed E-state index contributed by atoms with van der Waals surface area (Å²) < 4.78 is 7.39. The van der Waals surface area contributed by atoms with Gasteiger partial charge in [-0.2, -0.15) is 0 Å². The van der Waals surface area contributed by atoms with Gasteiger partial charge in [-0.05, 0) is 45.0 Å². The van der Waals surface area contributed by atoms with Gasteiger partial charge in [0.2, 0.25) is 11.1 Å². The Labute approximate surface area is 129 Å². The number of nitrogens with zero attached hydrogens (tertiary/aromatic N) is 5. The molecule has 1 aromatic heterocycles. The molecule has 1 amide bonds. The van der Waals surface area contributed by atoms with E-state index in [9.17, 15) is 4.79 Å². The maximum Gasteiger partial charge on any atom is 0.233 e. The van der Waals surface area contributed by atoms with Crippen LogP contribution in [0.25, 0.3) is 0 Å². The third-order valence-electron chi connectivity index (χ3n) is 3.17. The van der Waals surface area contributed by atoms with Crippen molar-refractivity contribution in [1.29, 1.82) is 0 Å². The number of ether oxygens (including phenoxy) is 1. The van der Waals surface area contributed by atoms with E-state index in [-0.39, 0.29) is 23.7 Å². The molecule has 0 spiro atoms. The summed E-state index contributed by atoms with van der Waals surface area (Å²) in [6, 6.07) is 0. The maximum absolute atomic E-state index is 12.3. The van der Waals surface area contributed by atoms with Gasteiger partial charge in [0.05, 0.1) is 23.5 Å². The quantitative estimate of drug-likeness (QED) is 0.780. The highest BCUT2D eigenvalue weighted by molar-refractivity contribution is 7.99. The smallest absolute Gasteiger partial charge is 0.233 e. The molecule has 1 aliphatic rings. The second-order valence-electron chi connectivity index (χ2n) is 6.39. The highest BCUT2D eigenvalue weighted by Gasteiger charge is 2.27. The summed E-state index contributed by atoms with van der Waals surface area (Å²) in [4.78, 5) is 14.2. The summed E-state index contributed by atoms with van der Waals surface area (Å²) in [5, 5.41) is 12.4. The SMILES string of the molecule is C[C@@H]1CN(C(=O)CSc2nnnn2C(C)(C)C)C[C@H](C)O1. The molecule has 1 saturated heterocycles. The molecule has 1 aromatic rings. The Bertz CT molecular complexity index is 489. The first-order chi connectivity index (χ1) is 9.77. The molecule has 0 aliphatic carbocycles. The van der Waals surface area contributed by atoms with E-state index in [0.717, 1.165) is 0 Å². The number of carbonyl (C=O) groups is 1. The van der Waals surface area contributed by atoms with Crippen molar-refractivity contribution in [3.8, 4) is 0 Å². The molecule has 2 heterocycles. The molecule has 0 saturated carbocycles. The van der Waals surface area contributed by atoms with Gasteiger partial charge in [0.25, 0.3) is 0 Å². The van der Waals surface area contributed by atoms with Gasteiger partial charge in [0.15, 0.2) is 0 Å². The van der Waals surface area contributed by atoms with E-state index in [2.05, 4.69) is 15.5 Å². The number of tetrazole rings is 1. The molecule has 1 fully saturated rings. The molecule has 118 valence electrons. The van der Waals surface area contributed by atoms with Crippen LogP contribution in [0.2, 0.25) is 0 Å². The minimum Gasteiger partial charge on any atom is -0.372 e. The number of hydrogen-bond acceptors (Lipinski definition) is 6. The van der Waals surface area contributed by atoms with E-state index in [1.54, 1.807) is 4.68 Å². The van der Waals surface area contributed by atoms with Crippen LogP contribution in [-0.4, -0.2) is 62.1 Å². The molecule has 7 nitrogen and oxygen atoms in total. The van der Waals surface area contributed by atoms with Gasteiger partial charge in [-0.3, -0.25) is 4.79 Å². The van der Waals surface area contributed by atoms with E-state index in [1.807, 2.05) is 39.5 Å². The lowest BCUT2D eigenvalue weighted by molar-refractivity contribution is -0.140. The Balaban J connectivity index is 1.94. The third-order valence-corrected chi connectivity index (χ3v) is 4.08. The van der Waals surface area contributed by atoms with Crippen LogP contribution in [0.3, 0.4) is 0 Å². The first-order valence-corrected chi connectivity index (χ1v) is 8.11. The molecule has 1 aliphatic heterocycles. The van der Waals surface area contributed by atoms with Crippen LogP contribution < -0.4 is 0 Å². The predicted molar refractivity (Wildman–Crippen MR) is 80.1 cm³/mol. The number of amides is 1. The lowest BCUT2D eigenvalue weighted by Crippen LogP contribution is -2.48. The Morgan fingerprint density at radius 3 is 2.52 bits per heavy atom. The Hall–Kier alpha value is -1.15. The topological polar surface area (TPSA) is 73.1 Å². The molecule has 2 rings (SSSR count). The minimum atomic E-state index is -0.198. The van der Waals surface area contributed by atoms with Gasteiger partial charge < -0.3 is 9.64 Å².